The predicted octanol–water partition coefficient (Wildman–Crippen LogP) is 10.8. The summed E-state index contributed by atoms with van der Waals surface area (Å²) in [4.78, 5) is 9.16. The lowest BCUT2D eigenvalue weighted by molar-refractivity contribution is 0.466. The van der Waals surface area contributed by atoms with Crippen LogP contribution in [0.4, 0.5) is 11.4 Å². The van der Waals surface area contributed by atoms with Gasteiger partial charge in [0.2, 0.25) is 7.59 Å². The second-order valence-electron chi connectivity index (χ2n) is 11.4. The summed E-state index contributed by atoms with van der Waals surface area (Å²) in [6.07, 6.45) is 2.99. The number of benzene rings is 3. The maximum absolute atomic E-state index is 10.9. The molecular formula is C30H30Cl6N2O2. The summed E-state index contributed by atoms with van der Waals surface area (Å²) in [6, 6.07) is 14.1. The first-order valence-corrected chi connectivity index (χ1v) is 14.5. The van der Waals surface area contributed by atoms with Gasteiger partial charge in [-0.25, -0.2) is 0 Å². The van der Waals surface area contributed by atoms with Crippen molar-refractivity contribution in [2.75, 3.05) is 0 Å². The van der Waals surface area contributed by atoms with Gasteiger partial charge in [-0.15, -0.1) is 0 Å². The molecule has 0 amide bonds. The van der Waals surface area contributed by atoms with Crippen molar-refractivity contribution in [3.63, 3.8) is 0 Å². The zero-order chi connectivity index (χ0) is 30.3. The van der Waals surface area contributed by atoms with E-state index in [1.54, 1.807) is 36.4 Å². The molecule has 0 heterocycles. The molecule has 0 aliphatic carbocycles. The van der Waals surface area contributed by atoms with E-state index in [0.29, 0.717) is 22.5 Å². The number of phenolic OH excluding ortho intramolecular Hbond substituents is 2. The first-order chi connectivity index (χ1) is 18.2. The van der Waals surface area contributed by atoms with Gasteiger partial charge in [-0.05, 0) is 58.4 Å². The molecule has 2 N–H and O–H groups in total. The van der Waals surface area contributed by atoms with E-state index in [-0.39, 0.29) is 33.5 Å². The van der Waals surface area contributed by atoms with E-state index in [1.165, 1.54) is 12.4 Å². The van der Waals surface area contributed by atoms with Crippen LogP contribution in [0.15, 0.2) is 58.5 Å². The van der Waals surface area contributed by atoms with Crippen LogP contribution in [0, 0.1) is 0 Å². The van der Waals surface area contributed by atoms with Crippen LogP contribution in [0.2, 0.25) is 0 Å². The molecule has 0 aliphatic rings. The van der Waals surface area contributed by atoms with Crippen LogP contribution >= 0.6 is 69.6 Å². The molecule has 0 aromatic heterocycles. The Labute approximate surface area is 265 Å². The highest BCUT2D eigenvalue weighted by molar-refractivity contribution is 6.67. The van der Waals surface area contributed by atoms with Crippen molar-refractivity contribution < 1.29 is 10.2 Å². The van der Waals surface area contributed by atoms with E-state index in [1.807, 2.05) is 53.7 Å². The molecule has 10 heteroatoms. The Morgan fingerprint density at radius 2 is 0.900 bits per heavy atom. The van der Waals surface area contributed by atoms with Crippen molar-refractivity contribution in [2.24, 2.45) is 9.98 Å². The number of hydrogen-bond donors (Lipinski definition) is 2. The molecule has 0 radical (unpaired) electrons. The molecule has 3 aromatic rings. The van der Waals surface area contributed by atoms with E-state index in [9.17, 15) is 10.2 Å². The van der Waals surface area contributed by atoms with Gasteiger partial charge in [-0.3, -0.25) is 9.98 Å². The zero-order valence-corrected chi connectivity index (χ0v) is 27.4. The van der Waals surface area contributed by atoms with Gasteiger partial charge in [0.15, 0.2) is 0 Å². The van der Waals surface area contributed by atoms with Gasteiger partial charge in [-0.1, -0.05) is 123 Å². The van der Waals surface area contributed by atoms with Crippen LogP contribution in [0.5, 0.6) is 11.5 Å². The van der Waals surface area contributed by atoms with Gasteiger partial charge >= 0.3 is 0 Å². The maximum Gasteiger partial charge on any atom is 0.219 e. The van der Waals surface area contributed by atoms with Gasteiger partial charge in [0, 0.05) is 34.7 Å². The van der Waals surface area contributed by atoms with Crippen LogP contribution in [0.3, 0.4) is 0 Å². The topological polar surface area (TPSA) is 65.2 Å². The highest BCUT2D eigenvalue weighted by atomic mass is 35.6. The minimum atomic E-state index is -1.83. The zero-order valence-electron chi connectivity index (χ0n) is 22.8. The number of rotatable bonds is 4. The molecule has 0 unspecified atom stereocenters. The van der Waals surface area contributed by atoms with Crippen LogP contribution in [-0.2, 0) is 18.4 Å². The fourth-order valence-electron chi connectivity index (χ4n) is 3.77. The summed E-state index contributed by atoms with van der Waals surface area (Å²) in [5, 5.41) is 21.8. The molecule has 3 aromatic carbocycles. The van der Waals surface area contributed by atoms with E-state index in [0.717, 1.165) is 11.1 Å². The average molecular weight is 663 g/mol. The number of hydrogen-bond acceptors (Lipinski definition) is 4. The lowest BCUT2D eigenvalue weighted by Crippen LogP contribution is -2.14. The lowest BCUT2D eigenvalue weighted by Gasteiger charge is -2.24. The molecule has 214 valence electrons. The van der Waals surface area contributed by atoms with E-state index in [4.69, 9.17) is 69.6 Å². The molecule has 4 nitrogen and oxygen atoms in total. The third kappa shape index (κ3) is 8.00. The number of phenols is 2. The molecule has 0 bridgehead atoms. The third-order valence-electron chi connectivity index (χ3n) is 6.19. The Kier molecular flexibility index (Phi) is 9.78. The number of alkyl halides is 6. The Hall–Kier alpha value is -1.66. The Morgan fingerprint density at radius 3 is 1.18 bits per heavy atom. The van der Waals surface area contributed by atoms with Crippen molar-refractivity contribution in [1.29, 1.82) is 0 Å². The van der Waals surface area contributed by atoms with Crippen LogP contribution in [-0.4, -0.2) is 22.6 Å². The number of halogens is 6. The minimum absolute atomic E-state index is 0.164. The quantitative estimate of drug-likeness (QED) is 0.216. The van der Waals surface area contributed by atoms with E-state index < -0.39 is 7.59 Å². The fraction of sp³-hybridized carbons (Fsp3) is 0.333. The molecule has 0 saturated heterocycles. The van der Waals surface area contributed by atoms with Gasteiger partial charge in [0.05, 0.1) is 11.4 Å². The highest BCUT2D eigenvalue weighted by Gasteiger charge is 2.31. The summed E-state index contributed by atoms with van der Waals surface area (Å²) in [6.45, 7) is 12.1. The van der Waals surface area contributed by atoms with Gasteiger partial charge in [-0.2, -0.15) is 0 Å². The van der Waals surface area contributed by atoms with Gasteiger partial charge in [0.25, 0.3) is 0 Å². The van der Waals surface area contributed by atoms with Crippen LogP contribution in [0.1, 0.15) is 74.9 Å². The number of para-hydroxylation sites is 2. The molecule has 3 rings (SSSR count). The Bertz CT molecular complexity index is 1350. The summed E-state index contributed by atoms with van der Waals surface area (Å²) < 4.78 is -3.66. The molecule has 0 aliphatic heterocycles. The molecule has 0 saturated carbocycles. The number of aliphatic imine (C=N–C) groups is 2. The van der Waals surface area contributed by atoms with Crippen LogP contribution in [0.25, 0.3) is 0 Å². The third-order valence-corrected chi connectivity index (χ3v) is 7.41. The second-order valence-corrected chi connectivity index (χ2v) is 16.0. The molecule has 0 fully saturated rings. The van der Waals surface area contributed by atoms with Gasteiger partial charge < -0.3 is 10.2 Å². The Balaban J connectivity index is 2.10. The van der Waals surface area contributed by atoms with Crippen molar-refractivity contribution in [3.05, 3.63) is 81.9 Å². The molecular weight excluding hydrogens is 633 g/mol. The highest BCUT2D eigenvalue weighted by Crippen LogP contribution is 2.47. The lowest BCUT2D eigenvalue weighted by atomic mass is 9.85. The normalized spacial score (nSPS) is 13.5. The summed E-state index contributed by atoms with van der Waals surface area (Å²) >= 11 is 36.9. The molecule has 40 heavy (non-hydrogen) atoms. The van der Waals surface area contributed by atoms with Gasteiger partial charge in [0.1, 0.15) is 11.5 Å². The predicted molar refractivity (Wildman–Crippen MR) is 173 cm³/mol. The monoisotopic (exact) mass is 660 g/mol. The van der Waals surface area contributed by atoms with Crippen molar-refractivity contribution in [1.82, 2.24) is 0 Å². The number of aromatic hydroxyl groups is 2. The molecule has 0 spiro atoms. The van der Waals surface area contributed by atoms with Crippen molar-refractivity contribution >= 4 is 93.4 Å². The average Bonchev–Trinajstić information content (AvgIpc) is 2.80. The minimum Gasteiger partial charge on any atom is -0.507 e. The van der Waals surface area contributed by atoms with Crippen molar-refractivity contribution in [2.45, 2.75) is 60.0 Å². The maximum atomic E-state index is 10.9. The summed E-state index contributed by atoms with van der Waals surface area (Å²) in [5.41, 5.74) is 3.26. The van der Waals surface area contributed by atoms with E-state index in [2.05, 4.69) is 9.98 Å². The first kappa shape index (κ1) is 32.8. The number of nitrogens with zero attached hydrogens (tertiary/aromatic N) is 2. The smallest absolute Gasteiger partial charge is 0.219 e. The summed E-state index contributed by atoms with van der Waals surface area (Å²) in [7, 11) is 0. The standard InChI is InChI=1S/C30H30Cl6N2O2/c1-27(2,3)19-11-17(25(39)21(13-19)29(31,32)33)15-37-23-9-7-8-10-24(23)38-16-18-12-20(28(4,5)6)14-22(26(18)40)30(34,35)36/h7-16,39-40H,1-6H3. The summed E-state index contributed by atoms with van der Waals surface area (Å²) in [5.74, 6) is -0.359. The molecule has 0 atom stereocenters. The van der Waals surface area contributed by atoms with Crippen molar-refractivity contribution in [3.8, 4) is 11.5 Å². The SMILES string of the molecule is CC(C)(C)c1cc(C=Nc2ccccc2N=Cc2cc(C(C)(C)C)cc(C(Cl)(Cl)Cl)c2O)c(O)c(C(Cl)(Cl)Cl)c1. The first-order valence-electron chi connectivity index (χ1n) is 12.3. The fourth-order valence-corrected chi connectivity index (χ4v) is 4.63. The van der Waals surface area contributed by atoms with Crippen LogP contribution < -0.4 is 0 Å². The Morgan fingerprint density at radius 1 is 0.575 bits per heavy atom. The largest absolute Gasteiger partial charge is 0.507 e. The second kappa shape index (κ2) is 11.9. The van der Waals surface area contributed by atoms with E-state index >= 15 is 0 Å².